The molecule has 0 aliphatic carbocycles. The predicted octanol–water partition coefficient (Wildman–Crippen LogP) is 2.99. The number of hydrogen-bond donors (Lipinski definition) is 2. The first kappa shape index (κ1) is 18.9. The van der Waals surface area contributed by atoms with E-state index in [1.165, 1.54) is 0 Å². The van der Waals surface area contributed by atoms with Gasteiger partial charge in [-0.25, -0.2) is 8.78 Å². The maximum absolute atomic E-state index is 13.4. The summed E-state index contributed by atoms with van der Waals surface area (Å²) in [6.07, 6.45) is 0.0879. The molecule has 2 aromatic rings. The molecule has 2 aromatic carbocycles. The first-order chi connectivity index (χ1) is 12.1. The van der Waals surface area contributed by atoms with Crippen molar-refractivity contribution in [1.82, 2.24) is 10.6 Å². The van der Waals surface area contributed by atoms with Crippen LogP contribution in [-0.4, -0.2) is 30.7 Å². The van der Waals surface area contributed by atoms with E-state index in [0.717, 1.165) is 22.8 Å². The summed E-state index contributed by atoms with van der Waals surface area (Å²) >= 11 is 1.63. The zero-order valence-electron chi connectivity index (χ0n) is 13.4. The van der Waals surface area contributed by atoms with Crippen molar-refractivity contribution in [3.63, 3.8) is 0 Å². The Labute approximate surface area is 149 Å². The lowest BCUT2D eigenvalue weighted by atomic mass is 10.2. The number of thioether (sulfide) groups is 1. The number of amides is 2. The third kappa shape index (κ3) is 6.54. The van der Waals surface area contributed by atoms with E-state index in [9.17, 15) is 18.4 Å². The number of carbonyl (C=O) groups is 2. The maximum Gasteiger partial charge on any atom is 0.254 e. The monoisotopic (exact) mass is 364 g/mol. The van der Waals surface area contributed by atoms with Crippen LogP contribution in [0.5, 0.6) is 0 Å². The fourth-order valence-electron chi connectivity index (χ4n) is 2.02. The summed E-state index contributed by atoms with van der Waals surface area (Å²) in [5.41, 5.74) is -0.249. The van der Waals surface area contributed by atoms with Gasteiger partial charge in [0.25, 0.3) is 5.91 Å². The molecule has 0 saturated carbocycles. The van der Waals surface area contributed by atoms with Crippen LogP contribution in [0.15, 0.2) is 53.4 Å². The predicted molar refractivity (Wildman–Crippen MR) is 93.5 cm³/mol. The Balaban J connectivity index is 1.62. The van der Waals surface area contributed by atoms with Gasteiger partial charge in [-0.2, -0.15) is 0 Å². The van der Waals surface area contributed by atoms with Crippen molar-refractivity contribution in [2.45, 2.75) is 11.3 Å². The minimum Gasteiger partial charge on any atom is -0.355 e. The molecule has 7 heteroatoms. The number of rotatable bonds is 8. The van der Waals surface area contributed by atoms with E-state index in [2.05, 4.69) is 10.6 Å². The van der Waals surface area contributed by atoms with Crippen molar-refractivity contribution in [3.05, 3.63) is 65.7 Å². The molecule has 2 N–H and O–H groups in total. The van der Waals surface area contributed by atoms with Gasteiger partial charge in [0.05, 0.1) is 5.56 Å². The Morgan fingerprint density at radius 2 is 1.72 bits per heavy atom. The fourth-order valence-corrected chi connectivity index (χ4v) is 2.81. The van der Waals surface area contributed by atoms with Crippen molar-refractivity contribution in [3.8, 4) is 0 Å². The molecule has 132 valence electrons. The van der Waals surface area contributed by atoms with Gasteiger partial charge in [0.1, 0.15) is 11.6 Å². The van der Waals surface area contributed by atoms with Crippen LogP contribution in [0, 0.1) is 11.6 Å². The van der Waals surface area contributed by atoms with Gasteiger partial charge in [-0.15, -0.1) is 11.8 Å². The molecule has 0 fully saturated rings. The lowest BCUT2D eigenvalue weighted by Gasteiger charge is -2.07. The average Bonchev–Trinajstić information content (AvgIpc) is 2.59. The molecule has 0 aliphatic rings. The van der Waals surface area contributed by atoms with Gasteiger partial charge in [-0.05, 0) is 24.3 Å². The summed E-state index contributed by atoms with van der Waals surface area (Å²) < 4.78 is 26.2. The summed E-state index contributed by atoms with van der Waals surface area (Å²) in [5, 5.41) is 5.19. The molecular formula is C18H18F2N2O2S. The quantitative estimate of drug-likeness (QED) is 0.559. The first-order valence-electron chi connectivity index (χ1n) is 7.74. The fraction of sp³-hybridized carbons (Fsp3) is 0.222. The van der Waals surface area contributed by atoms with Crippen molar-refractivity contribution in [2.75, 3.05) is 18.8 Å². The summed E-state index contributed by atoms with van der Waals surface area (Å²) in [4.78, 5) is 24.6. The van der Waals surface area contributed by atoms with Crippen LogP contribution in [0.25, 0.3) is 0 Å². The van der Waals surface area contributed by atoms with Crippen LogP contribution in [0.4, 0.5) is 8.78 Å². The molecule has 4 nitrogen and oxygen atoms in total. The van der Waals surface area contributed by atoms with Crippen LogP contribution in [0.3, 0.4) is 0 Å². The van der Waals surface area contributed by atoms with Crippen LogP contribution in [-0.2, 0) is 4.79 Å². The number of carbonyl (C=O) groups excluding carboxylic acids is 2. The number of halogens is 2. The lowest BCUT2D eigenvalue weighted by molar-refractivity contribution is -0.120. The van der Waals surface area contributed by atoms with Gasteiger partial charge in [0, 0.05) is 36.2 Å². The molecule has 25 heavy (non-hydrogen) atoms. The molecule has 0 saturated heterocycles. The van der Waals surface area contributed by atoms with Gasteiger partial charge in [0.2, 0.25) is 5.91 Å². The molecule has 0 radical (unpaired) electrons. The van der Waals surface area contributed by atoms with E-state index in [0.29, 0.717) is 12.6 Å². The Morgan fingerprint density at radius 1 is 0.960 bits per heavy atom. The minimum absolute atomic E-state index is 0.0767. The molecule has 2 amide bonds. The van der Waals surface area contributed by atoms with Gasteiger partial charge >= 0.3 is 0 Å². The Morgan fingerprint density at radius 3 is 2.44 bits per heavy atom. The molecule has 0 unspecified atom stereocenters. The van der Waals surface area contributed by atoms with E-state index < -0.39 is 17.5 Å². The molecule has 2 rings (SSSR count). The standard InChI is InChI=1S/C18H18F2N2O2S/c19-13-6-7-15(16(20)12-13)18(24)22-9-8-17(23)21-10-11-25-14-4-2-1-3-5-14/h1-7,12H,8-11H2,(H,21,23)(H,22,24). The van der Waals surface area contributed by atoms with Gasteiger partial charge in [-0.1, -0.05) is 18.2 Å². The normalized spacial score (nSPS) is 10.3. The highest BCUT2D eigenvalue weighted by molar-refractivity contribution is 7.99. The lowest BCUT2D eigenvalue weighted by Crippen LogP contribution is -2.32. The first-order valence-corrected chi connectivity index (χ1v) is 8.72. The number of benzene rings is 2. The van der Waals surface area contributed by atoms with Crippen LogP contribution < -0.4 is 10.6 Å². The Hall–Kier alpha value is -2.41. The summed E-state index contributed by atoms with van der Waals surface area (Å²) in [6, 6.07) is 12.6. The zero-order valence-corrected chi connectivity index (χ0v) is 14.2. The molecule has 0 spiro atoms. The van der Waals surface area contributed by atoms with Crippen LogP contribution >= 0.6 is 11.8 Å². The molecular weight excluding hydrogens is 346 g/mol. The number of hydrogen-bond acceptors (Lipinski definition) is 3. The molecule has 0 aliphatic heterocycles. The van der Waals surface area contributed by atoms with Crippen molar-refractivity contribution in [2.24, 2.45) is 0 Å². The zero-order chi connectivity index (χ0) is 18.1. The highest BCUT2D eigenvalue weighted by atomic mass is 32.2. The third-order valence-corrected chi connectivity index (χ3v) is 4.26. The van der Waals surface area contributed by atoms with Gasteiger partial charge < -0.3 is 10.6 Å². The number of nitrogens with one attached hydrogen (secondary N) is 2. The van der Waals surface area contributed by atoms with Crippen LogP contribution in [0.1, 0.15) is 16.8 Å². The minimum atomic E-state index is -0.931. The largest absolute Gasteiger partial charge is 0.355 e. The van der Waals surface area contributed by atoms with E-state index >= 15 is 0 Å². The van der Waals surface area contributed by atoms with Gasteiger partial charge in [0.15, 0.2) is 0 Å². The van der Waals surface area contributed by atoms with Crippen molar-refractivity contribution in [1.29, 1.82) is 0 Å². The van der Waals surface area contributed by atoms with Crippen LogP contribution in [0.2, 0.25) is 0 Å². The maximum atomic E-state index is 13.4. The summed E-state index contributed by atoms with van der Waals surface area (Å²) in [6.45, 7) is 0.590. The molecule has 0 atom stereocenters. The second-order valence-corrected chi connectivity index (χ2v) is 6.31. The SMILES string of the molecule is O=C(CCNC(=O)c1ccc(F)cc1F)NCCSc1ccccc1. The smallest absolute Gasteiger partial charge is 0.254 e. The molecule has 0 heterocycles. The topological polar surface area (TPSA) is 58.2 Å². The van der Waals surface area contributed by atoms with E-state index in [-0.39, 0.29) is 24.4 Å². The van der Waals surface area contributed by atoms with Gasteiger partial charge in [-0.3, -0.25) is 9.59 Å². The Bertz CT molecular complexity index is 726. The summed E-state index contributed by atoms with van der Waals surface area (Å²) in [7, 11) is 0. The Kier molecular flexibility index (Phi) is 7.40. The average molecular weight is 364 g/mol. The van der Waals surface area contributed by atoms with Crippen molar-refractivity contribution < 1.29 is 18.4 Å². The van der Waals surface area contributed by atoms with E-state index in [1.807, 2.05) is 30.3 Å². The molecule has 0 bridgehead atoms. The molecule has 0 aromatic heterocycles. The van der Waals surface area contributed by atoms with E-state index in [1.54, 1.807) is 11.8 Å². The highest BCUT2D eigenvalue weighted by Gasteiger charge is 2.12. The van der Waals surface area contributed by atoms with Crippen molar-refractivity contribution >= 4 is 23.6 Å². The highest BCUT2D eigenvalue weighted by Crippen LogP contribution is 2.15. The van der Waals surface area contributed by atoms with E-state index in [4.69, 9.17) is 0 Å². The summed E-state index contributed by atoms with van der Waals surface area (Å²) in [5.74, 6) is -1.82. The second kappa shape index (κ2) is 9.78. The third-order valence-electron chi connectivity index (χ3n) is 3.25. The second-order valence-electron chi connectivity index (χ2n) is 5.14.